The van der Waals surface area contributed by atoms with E-state index in [1.807, 2.05) is 0 Å². The van der Waals surface area contributed by atoms with Crippen molar-refractivity contribution in [3.8, 4) is 0 Å². The summed E-state index contributed by atoms with van der Waals surface area (Å²) in [6, 6.07) is 0. The summed E-state index contributed by atoms with van der Waals surface area (Å²) in [5.41, 5.74) is 0. The number of rotatable bonds is 56. The summed E-state index contributed by atoms with van der Waals surface area (Å²) >= 11 is 0. The minimum atomic E-state index is -0.768. The molecule has 0 heterocycles. The van der Waals surface area contributed by atoms with Crippen molar-refractivity contribution in [3.05, 3.63) is 24.3 Å². The molecule has 0 N–H and O–H groups in total. The van der Waals surface area contributed by atoms with Crippen LogP contribution in [0, 0.1) is 0 Å². The van der Waals surface area contributed by atoms with Crippen molar-refractivity contribution >= 4 is 17.9 Å². The van der Waals surface area contributed by atoms with Gasteiger partial charge in [0.1, 0.15) is 13.2 Å². The quantitative estimate of drug-likeness (QED) is 0.0262. The highest BCUT2D eigenvalue weighted by molar-refractivity contribution is 5.71. The van der Waals surface area contributed by atoms with Crippen LogP contribution in [0.1, 0.15) is 335 Å². The third kappa shape index (κ3) is 54.8. The molecule has 0 fully saturated rings. The van der Waals surface area contributed by atoms with Crippen LogP contribution in [0.15, 0.2) is 24.3 Å². The summed E-state index contributed by atoms with van der Waals surface area (Å²) in [6.45, 7) is 6.67. The number of carbonyl (C=O) groups excluding carboxylic acids is 3. The van der Waals surface area contributed by atoms with E-state index in [4.69, 9.17) is 14.2 Å². The van der Waals surface area contributed by atoms with Gasteiger partial charge < -0.3 is 14.2 Å². The smallest absolute Gasteiger partial charge is 0.306 e. The average Bonchev–Trinajstić information content (AvgIpc) is 3.34. The Kier molecular flexibility index (Phi) is 55.7. The molecule has 0 aliphatic carbocycles. The van der Waals surface area contributed by atoms with Crippen molar-refractivity contribution in [1.82, 2.24) is 0 Å². The number of hydrogen-bond donors (Lipinski definition) is 0. The lowest BCUT2D eigenvalue weighted by molar-refractivity contribution is -0.167. The number of esters is 3. The topological polar surface area (TPSA) is 78.9 Å². The van der Waals surface area contributed by atoms with E-state index in [0.29, 0.717) is 19.3 Å². The Morgan fingerprint density at radius 2 is 0.529 bits per heavy atom. The van der Waals surface area contributed by atoms with Gasteiger partial charge >= 0.3 is 17.9 Å². The minimum absolute atomic E-state index is 0.0666. The zero-order valence-electron chi connectivity index (χ0n) is 45.9. The van der Waals surface area contributed by atoms with Crippen molar-refractivity contribution < 1.29 is 28.6 Å². The van der Waals surface area contributed by atoms with E-state index in [0.717, 1.165) is 64.2 Å². The van der Waals surface area contributed by atoms with Crippen LogP contribution >= 0.6 is 0 Å². The molecule has 0 aromatic heterocycles. The Balaban J connectivity index is 4.28. The molecule has 6 nitrogen and oxygen atoms in total. The molecule has 0 aromatic rings. The van der Waals surface area contributed by atoms with Crippen LogP contribution in [0.4, 0.5) is 0 Å². The first-order chi connectivity index (χ1) is 33.5. The Labute approximate surface area is 423 Å². The van der Waals surface area contributed by atoms with Crippen LogP contribution in [0.5, 0.6) is 0 Å². The fourth-order valence-electron chi connectivity index (χ4n) is 9.12. The molecule has 0 unspecified atom stereocenters. The fraction of sp³-hybridized carbons (Fsp3) is 0.887. The molecule has 0 aromatic carbocycles. The van der Waals surface area contributed by atoms with E-state index in [1.165, 1.54) is 231 Å². The second kappa shape index (κ2) is 57.5. The fourth-order valence-corrected chi connectivity index (χ4v) is 9.12. The number of unbranched alkanes of at least 4 members (excludes halogenated alkanes) is 41. The molecule has 0 amide bonds. The Bertz CT molecular complexity index is 1100. The Morgan fingerprint density at radius 1 is 0.294 bits per heavy atom. The maximum atomic E-state index is 12.9. The SMILES string of the molecule is CCCCC/C=C\C/C=C\CCCCCCCCCCCC(=O)OC[C@@H](COC(=O)CCCCCCCCCCCCCC)OC(=O)CCCCCCCCCCCCCCCCCCCCC. The molecular weight excluding hydrogens is 841 g/mol. The van der Waals surface area contributed by atoms with Gasteiger partial charge in [-0.15, -0.1) is 0 Å². The molecule has 0 saturated carbocycles. The second-order valence-corrected chi connectivity index (χ2v) is 20.6. The first-order valence-electron chi connectivity index (χ1n) is 30.3. The van der Waals surface area contributed by atoms with Crippen LogP contribution < -0.4 is 0 Å². The van der Waals surface area contributed by atoms with Gasteiger partial charge in [-0.3, -0.25) is 14.4 Å². The zero-order chi connectivity index (χ0) is 49.3. The first kappa shape index (κ1) is 65.9. The molecule has 0 aliphatic rings. The van der Waals surface area contributed by atoms with E-state index in [2.05, 4.69) is 45.1 Å². The summed E-state index contributed by atoms with van der Waals surface area (Å²) in [5.74, 6) is -0.847. The predicted octanol–water partition coefficient (Wildman–Crippen LogP) is 20.3. The standard InChI is InChI=1S/C62H116O6/c1-4-7-10-13-16-19-22-25-27-29-31-33-35-37-40-43-46-49-52-55-61(64)67-58-59(57-66-60(63)54-51-48-45-42-39-24-21-18-15-12-9-6-3)68-62(65)56-53-50-47-44-41-38-36-34-32-30-28-26-23-20-17-14-11-8-5-2/h16,19,25,27,59H,4-15,17-18,20-24,26,28-58H2,1-3H3/b19-16-,27-25-/t59-/m1/s1. The van der Waals surface area contributed by atoms with Gasteiger partial charge in [-0.05, 0) is 51.4 Å². The minimum Gasteiger partial charge on any atom is -0.462 e. The average molecular weight is 958 g/mol. The van der Waals surface area contributed by atoms with Gasteiger partial charge in [0.25, 0.3) is 0 Å². The highest BCUT2D eigenvalue weighted by Crippen LogP contribution is 2.17. The van der Waals surface area contributed by atoms with Crippen molar-refractivity contribution in [3.63, 3.8) is 0 Å². The first-order valence-corrected chi connectivity index (χ1v) is 30.3. The molecule has 400 valence electrons. The number of hydrogen-bond acceptors (Lipinski definition) is 6. The van der Waals surface area contributed by atoms with Gasteiger partial charge in [-0.1, -0.05) is 289 Å². The molecule has 0 radical (unpaired) electrons. The van der Waals surface area contributed by atoms with Crippen LogP contribution in [0.25, 0.3) is 0 Å². The molecule has 0 saturated heterocycles. The van der Waals surface area contributed by atoms with Gasteiger partial charge in [-0.2, -0.15) is 0 Å². The van der Waals surface area contributed by atoms with E-state index in [-0.39, 0.29) is 31.1 Å². The van der Waals surface area contributed by atoms with Crippen molar-refractivity contribution in [2.45, 2.75) is 341 Å². The van der Waals surface area contributed by atoms with E-state index in [1.54, 1.807) is 0 Å². The van der Waals surface area contributed by atoms with Gasteiger partial charge in [0, 0.05) is 19.3 Å². The molecule has 1 atom stereocenters. The highest BCUT2D eigenvalue weighted by Gasteiger charge is 2.19. The molecule has 6 heteroatoms. The maximum absolute atomic E-state index is 12.9. The Morgan fingerprint density at radius 3 is 0.838 bits per heavy atom. The largest absolute Gasteiger partial charge is 0.462 e. The molecule has 0 aliphatic heterocycles. The van der Waals surface area contributed by atoms with E-state index >= 15 is 0 Å². The van der Waals surface area contributed by atoms with E-state index in [9.17, 15) is 14.4 Å². The number of ether oxygens (including phenoxy) is 3. The van der Waals surface area contributed by atoms with Crippen LogP contribution in [0.2, 0.25) is 0 Å². The van der Waals surface area contributed by atoms with Crippen molar-refractivity contribution in [2.24, 2.45) is 0 Å². The number of allylic oxidation sites excluding steroid dienone is 4. The molecule has 68 heavy (non-hydrogen) atoms. The second-order valence-electron chi connectivity index (χ2n) is 20.6. The van der Waals surface area contributed by atoms with Crippen molar-refractivity contribution in [1.29, 1.82) is 0 Å². The van der Waals surface area contributed by atoms with Crippen LogP contribution in [-0.2, 0) is 28.6 Å². The lowest BCUT2D eigenvalue weighted by Gasteiger charge is -2.18. The molecular formula is C62H116O6. The normalized spacial score (nSPS) is 12.1. The summed E-state index contributed by atoms with van der Waals surface area (Å²) in [4.78, 5) is 38.2. The summed E-state index contributed by atoms with van der Waals surface area (Å²) in [6.07, 6.45) is 67.4. The molecule has 0 bridgehead atoms. The summed E-state index contributed by atoms with van der Waals surface area (Å²) < 4.78 is 16.9. The third-order valence-corrected chi connectivity index (χ3v) is 13.7. The predicted molar refractivity (Wildman–Crippen MR) is 293 cm³/mol. The highest BCUT2D eigenvalue weighted by atomic mass is 16.6. The van der Waals surface area contributed by atoms with Crippen LogP contribution in [0.3, 0.4) is 0 Å². The lowest BCUT2D eigenvalue weighted by atomic mass is 10.0. The van der Waals surface area contributed by atoms with Gasteiger partial charge in [0.2, 0.25) is 0 Å². The molecule has 0 spiro atoms. The van der Waals surface area contributed by atoms with E-state index < -0.39 is 6.10 Å². The maximum Gasteiger partial charge on any atom is 0.306 e. The van der Waals surface area contributed by atoms with Gasteiger partial charge in [0.15, 0.2) is 6.10 Å². The van der Waals surface area contributed by atoms with Gasteiger partial charge in [0.05, 0.1) is 0 Å². The third-order valence-electron chi connectivity index (χ3n) is 13.7. The monoisotopic (exact) mass is 957 g/mol. The van der Waals surface area contributed by atoms with Crippen molar-refractivity contribution in [2.75, 3.05) is 13.2 Å². The van der Waals surface area contributed by atoms with Crippen LogP contribution in [-0.4, -0.2) is 37.2 Å². The summed E-state index contributed by atoms with van der Waals surface area (Å²) in [5, 5.41) is 0. The molecule has 0 rings (SSSR count). The Hall–Kier alpha value is -2.11. The number of carbonyl (C=O) groups is 3. The summed E-state index contributed by atoms with van der Waals surface area (Å²) in [7, 11) is 0. The lowest BCUT2D eigenvalue weighted by Crippen LogP contribution is -2.30. The van der Waals surface area contributed by atoms with Gasteiger partial charge in [-0.25, -0.2) is 0 Å². The zero-order valence-corrected chi connectivity index (χ0v) is 45.9.